The molecule has 6 nitrogen and oxygen atoms in total. The summed E-state index contributed by atoms with van der Waals surface area (Å²) in [4.78, 5) is 13.2. The van der Waals surface area contributed by atoms with Gasteiger partial charge in [-0.3, -0.25) is 4.79 Å². The fourth-order valence-corrected chi connectivity index (χ4v) is 5.45. The summed E-state index contributed by atoms with van der Waals surface area (Å²) in [5.74, 6) is 0.218. The lowest BCUT2D eigenvalue weighted by Gasteiger charge is -2.24. The van der Waals surface area contributed by atoms with Gasteiger partial charge in [-0.15, -0.1) is 0 Å². The predicted octanol–water partition coefficient (Wildman–Crippen LogP) is 4.73. The molecule has 0 saturated carbocycles. The van der Waals surface area contributed by atoms with Crippen molar-refractivity contribution < 1.29 is 17.9 Å². The molecular weight excluding hydrogens is 460 g/mol. The average molecular weight is 495 g/mol. The van der Waals surface area contributed by atoms with Crippen LogP contribution in [0.3, 0.4) is 0 Å². The van der Waals surface area contributed by atoms with E-state index in [4.69, 9.17) is 4.74 Å². The van der Waals surface area contributed by atoms with Crippen LogP contribution in [0.25, 0.3) is 0 Å². The lowest BCUT2D eigenvalue weighted by atomic mass is 9.96. The van der Waals surface area contributed by atoms with Gasteiger partial charge in [0.15, 0.2) is 0 Å². The Morgan fingerprint density at radius 2 is 1.57 bits per heavy atom. The molecule has 35 heavy (non-hydrogen) atoms. The van der Waals surface area contributed by atoms with Crippen LogP contribution in [0, 0.1) is 20.8 Å². The van der Waals surface area contributed by atoms with E-state index < -0.39 is 10.0 Å². The van der Waals surface area contributed by atoms with Crippen molar-refractivity contribution in [1.82, 2.24) is 9.62 Å². The largest absolute Gasteiger partial charge is 0.497 e. The fourth-order valence-electron chi connectivity index (χ4n) is 4.05. The van der Waals surface area contributed by atoms with Crippen molar-refractivity contribution in [3.63, 3.8) is 0 Å². The SMILES string of the molecule is COc1ccc(S(=O)(=O)N(CCc2ccccc2)CC(=O)NC(C)c2cc(C)c(C)cc2C)cc1. The lowest BCUT2D eigenvalue weighted by Crippen LogP contribution is -2.42. The monoisotopic (exact) mass is 494 g/mol. The molecule has 3 aromatic carbocycles. The molecule has 0 saturated heterocycles. The number of hydrogen-bond acceptors (Lipinski definition) is 4. The number of ether oxygens (including phenoxy) is 1. The number of benzene rings is 3. The molecule has 0 aliphatic carbocycles. The molecule has 3 aromatic rings. The zero-order valence-electron chi connectivity index (χ0n) is 21.0. The van der Waals surface area contributed by atoms with Crippen LogP contribution < -0.4 is 10.1 Å². The normalized spacial score (nSPS) is 12.4. The number of hydrogen-bond donors (Lipinski definition) is 1. The molecule has 0 aliphatic rings. The number of sulfonamides is 1. The maximum Gasteiger partial charge on any atom is 0.243 e. The predicted molar refractivity (Wildman–Crippen MR) is 139 cm³/mol. The van der Waals surface area contributed by atoms with Crippen molar-refractivity contribution in [3.8, 4) is 5.75 Å². The van der Waals surface area contributed by atoms with E-state index in [9.17, 15) is 13.2 Å². The second-order valence-electron chi connectivity index (χ2n) is 8.83. The van der Waals surface area contributed by atoms with Gasteiger partial charge in [0.2, 0.25) is 15.9 Å². The van der Waals surface area contributed by atoms with Crippen LogP contribution in [0.2, 0.25) is 0 Å². The van der Waals surface area contributed by atoms with Crippen LogP contribution in [0.15, 0.2) is 71.6 Å². The smallest absolute Gasteiger partial charge is 0.243 e. The van der Waals surface area contributed by atoms with Crippen molar-refractivity contribution in [2.75, 3.05) is 20.2 Å². The van der Waals surface area contributed by atoms with E-state index in [0.717, 1.165) is 22.3 Å². The van der Waals surface area contributed by atoms with Gasteiger partial charge in [-0.2, -0.15) is 4.31 Å². The first-order valence-corrected chi connectivity index (χ1v) is 13.1. The van der Waals surface area contributed by atoms with Crippen molar-refractivity contribution >= 4 is 15.9 Å². The molecule has 186 valence electrons. The Labute approximate surface area is 209 Å². The molecule has 0 bridgehead atoms. The van der Waals surface area contributed by atoms with Gasteiger partial charge in [-0.1, -0.05) is 42.5 Å². The van der Waals surface area contributed by atoms with E-state index in [1.54, 1.807) is 12.1 Å². The number of carbonyl (C=O) groups excluding carboxylic acids is 1. The van der Waals surface area contributed by atoms with Gasteiger partial charge in [-0.05, 0) is 86.2 Å². The van der Waals surface area contributed by atoms with Gasteiger partial charge in [0.1, 0.15) is 5.75 Å². The standard InChI is InChI=1S/C28H34N2O4S/c1-20-17-22(3)27(18-21(20)2)23(4)29-28(31)19-30(16-15-24-9-7-6-8-10-24)35(32,33)26-13-11-25(34-5)12-14-26/h6-14,17-18,23H,15-16,19H2,1-5H3,(H,29,31). The first-order valence-electron chi connectivity index (χ1n) is 11.7. The first kappa shape index (κ1) is 26.4. The van der Waals surface area contributed by atoms with E-state index >= 15 is 0 Å². The third-order valence-electron chi connectivity index (χ3n) is 6.24. The van der Waals surface area contributed by atoms with Crippen LogP contribution >= 0.6 is 0 Å². The number of amides is 1. The summed E-state index contributed by atoms with van der Waals surface area (Å²) in [6.45, 7) is 7.95. The van der Waals surface area contributed by atoms with Crippen LogP contribution in [-0.4, -0.2) is 38.8 Å². The second kappa shape index (κ2) is 11.5. The van der Waals surface area contributed by atoms with Gasteiger partial charge in [0, 0.05) is 6.54 Å². The molecular formula is C28H34N2O4S. The molecule has 1 atom stereocenters. The van der Waals surface area contributed by atoms with Crippen molar-refractivity contribution in [2.24, 2.45) is 0 Å². The Bertz CT molecular complexity index is 1260. The minimum atomic E-state index is -3.90. The average Bonchev–Trinajstić information content (AvgIpc) is 2.84. The van der Waals surface area contributed by atoms with Crippen LogP contribution in [0.1, 0.15) is 40.8 Å². The number of methoxy groups -OCH3 is 1. The van der Waals surface area contributed by atoms with Crippen LogP contribution in [-0.2, 0) is 21.2 Å². The van der Waals surface area contributed by atoms with Crippen LogP contribution in [0.4, 0.5) is 0 Å². The summed E-state index contributed by atoms with van der Waals surface area (Å²) in [6, 6.07) is 19.8. The van der Waals surface area contributed by atoms with Gasteiger partial charge >= 0.3 is 0 Å². The summed E-state index contributed by atoms with van der Waals surface area (Å²) < 4.78 is 33.4. The van der Waals surface area contributed by atoms with Crippen LogP contribution in [0.5, 0.6) is 5.75 Å². The second-order valence-corrected chi connectivity index (χ2v) is 10.8. The van der Waals surface area contributed by atoms with E-state index in [2.05, 4.69) is 24.4 Å². The highest BCUT2D eigenvalue weighted by Crippen LogP contribution is 2.23. The van der Waals surface area contributed by atoms with E-state index in [1.165, 1.54) is 29.1 Å². The number of aryl methyl sites for hydroxylation is 3. The Morgan fingerprint density at radius 3 is 2.20 bits per heavy atom. The highest BCUT2D eigenvalue weighted by Gasteiger charge is 2.27. The summed E-state index contributed by atoms with van der Waals surface area (Å²) in [6.07, 6.45) is 0.495. The Morgan fingerprint density at radius 1 is 0.943 bits per heavy atom. The Balaban J connectivity index is 1.81. The molecule has 0 aromatic heterocycles. The van der Waals surface area contributed by atoms with Gasteiger partial charge in [-0.25, -0.2) is 8.42 Å². The minimum Gasteiger partial charge on any atom is -0.497 e. The number of rotatable bonds is 10. The van der Waals surface area contributed by atoms with Gasteiger partial charge in [0.25, 0.3) is 0 Å². The molecule has 1 amide bonds. The molecule has 3 rings (SSSR count). The summed E-state index contributed by atoms with van der Waals surface area (Å²) in [7, 11) is -2.37. The van der Waals surface area contributed by atoms with Gasteiger partial charge in [0.05, 0.1) is 24.6 Å². The van der Waals surface area contributed by atoms with Crippen molar-refractivity contribution in [1.29, 1.82) is 0 Å². The zero-order chi connectivity index (χ0) is 25.6. The van der Waals surface area contributed by atoms with Gasteiger partial charge < -0.3 is 10.1 Å². The number of nitrogens with zero attached hydrogens (tertiary/aromatic N) is 1. The maximum atomic E-state index is 13.5. The Kier molecular flexibility index (Phi) is 8.70. The Hall–Kier alpha value is -3.16. The molecule has 0 aliphatic heterocycles. The van der Waals surface area contributed by atoms with E-state index in [0.29, 0.717) is 12.2 Å². The molecule has 1 unspecified atom stereocenters. The third kappa shape index (κ3) is 6.71. The summed E-state index contributed by atoms with van der Waals surface area (Å²) in [5, 5.41) is 2.99. The zero-order valence-corrected chi connectivity index (χ0v) is 21.9. The van der Waals surface area contributed by atoms with Crippen molar-refractivity contribution in [2.45, 2.75) is 45.1 Å². The quantitative estimate of drug-likeness (QED) is 0.442. The number of nitrogens with one attached hydrogen (secondary N) is 1. The first-order chi connectivity index (χ1) is 16.6. The molecule has 7 heteroatoms. The lowest BCUT2D eigenvalue weighted by molar-refractivity contribution is -0.121. The van der Waals surface area contributed by atoms with E-state index in [-0.39, 0.29) is 29.9 Å². The molecule has 0 heterocycles. The summed E-state index contributed by atoms with van der Waals surface area (Å²) >= 11 is 0. The minimum absolute atomic E-state index is 0.122. The molecule has 1 N–H and O–H groups in total. The highest BCUT2D eigenvalue weighted by atomic mass is 32.2. The summed E-state index contributed by atoms with van der Waals surface area (Å²) in [5.41, 5.74) is 5.46. The maximum absolute atomic E-state index is 13.5. The highest BCUT2D eigenvalue weighted by molar-refractivity contribution is 7.89. The molecule has 0 radical (unpaired) electrons. The number of carbonyl (C=O) groups is 1. The topological polar surface area (TPSA) is 75.7 Å². The molecule has 0 spiro atoms. The van der Waals surface area contributed by atoms with E-state index in [1.807, 2.05) is 51.1 Å². The third-order valence-corrected chi connectivity index (χ3v) is 8.10. The fraction of sp³-hybridized carbons (Fsp3) is 0.321. The van der Waals surface area contributed by atoms with Crippen molar-refractivity contribution in [3.05, 3.63) is 94.5 Å². The molecule has 0 fully saturated rings.